The number of halogens is 4. The number of oxime groups is 1. The number of amides is 1. The van der Waals surface area contributed by atoms with E-state index in [1.165, 1.54) is 16.2 Å². The first-order valence-electron chi connectivity index (χ1n) is 10.0. The van der Waals surface area contributed by atoms with Crippen molar-refractivity contribution < 1.29 is 22.8 Å². The topological polar surface area (TPSA) is 72.6 Å². The quantitative estimate of drug-likeness (QED) is 0.273. The first-order chi connectivity index (χ1) is 15.8. The molecular weight excluding hydrogens is 479 g/mol. The Morgan fingerprint density at radius 3 is 2.76 bits per heavy atom. The highest BCUT2D eigenvalue weighted by Gasteiger charge is 2.28. The second-order valence-corrected chi connectivity index (χ2v) is 8.16. The molecule has 0 aliphatic rings. The monoisotopic (exact) mass is 499 g/mol. The lowest BCUT2D eigenvalue weighted by Gasteiger charge is -2.19. The van der Waals surface area contributed by atoms with Crippen molar-refractivity contribution in [3.8, 4) is 5.69 Å². The molecule has 7 nitrogen and oxygen atoms in total. The lowest BCUT2D eigenvalue weighted by atomic mass is 10.1. The van der Waals surface area contributed by atoms with Gasteiger partial charge >= 0.3 is 6.18 Å². The molecule has 0 N–H and O–H groups in total. The molecule has 0 aromatic carbocycles. The molecule has 0 aliphatic carbocycles. The Morgan fingerprint density at radius 2 is 2.12 bits per heavy atom. The zero-order chi connectivity index (χ0) is 23.8. The summed E-state index contributed by atoms with van der Waals surface area (Å²) >= 11 is 7.62. The number of alkyl halides is 3. The van der Waals surface area contributed by atoms with Gasteiger partial charge in [-0.2, -0.15) is 18.3 Å². The Bertz CT molecular complexity index is 1070. The third-order valence-corrected chi connectivity index (χ3v) is 5.67. The number of pyridine rings is 1. The van der Waals surface area contributed by atoms with Gasteiger partial charge in [0.05, 0.1) is 28.7 Å². The van der Waals surface area contributed by atoms with Gasteiger partial charge in [-0.1, -0.05) is 22.8 Å². The Kier molecular flexibility index (Phi) is 8.45. The average Bonchev–Trinajstić information content (AvgIpc) is 3.44. The van der Waals surface area contributed by atoms with E-state index >= 15 is 0 Å². The lowest BCUT2D eigenvalue weighted by molar-refractivity contribution is -0.173. The Hall–Kier alpha value is -2.92. The van der Waals surface area contributed by atoms with E-state index < -0.39 is 12.8 Å². The maximum absolute atomic E-state index is 12.9. The number of carbonyl (C=O) groups excluding carboxylic acids is 1. The summed E-state index contributed by atoms with van der Waals surface area (Å²) in [6, 6.07) is 7.08. The molecule has 0 saturated carbocycles. The highest BCUT2D eigenvalue weighted by Crippen LogP contribution is 2.27. The number of carbonyl (C=O) groups is 1. The third-order valence-electron chi connectivity index (χ3n) is 4.48. The predicted octanol–water partition coefficient (Wildman–Crippen LogP) is 5.49. The van der Waals surface area contributed by atoms with Crippen molar-refractivity contribution in [1.82, 2.24) is 14.8 Å². The standard InChI is InChI=1S/C21H21ClF3N5O2S/c1-2-29(17-13-30(27-20(17)22)15-6-4-10-26-12-15)19(31)9-3-7-16(18-8-5-11-33-18)28-32-14-21(23,24)25/h4-6,8,10-13H,2-3,7,9,14H2,1H3/b28-16-. The van der Waals surface area contributed by atoms with Crippen LogP contribution in [0.25, 0.3) is 5.69 Å². The molecule has 3 heterocycles. The molecule has 12 heteroatoms. The maximum atomic E-state index is 12.9. The molecular formula is C21H21ClF3N5O2S. The van der Waals surface area contributed by atoms with Crippen molar-refractivity contribution in [2.45, 2.75) is 32.4 Å². The van der Waals surface area contributed by atoms with Gasteiger partial charge in [-0.3, -0.25) is 9.78 Å². The molecule has 0 saturated heterocycles. The molecule has 0 fully saturated rings. The number of thiophene rings is 1. The molecule has 0 atom stereocenters. The number of hydrogen-bond acceptors (Lipinski definition) is 6. The van der Waals surface area contributed by atoms with Gasteiger partial charge in [0.1, 0.15) is 5.69 Å². The van der Waals surface area contributed by atoms with Crippen LogP contribution in [0.1, 0.15) is 31.1 Å². The summed E-state index contributed by atoms with van der Waals surface area (Å²) in [6.07, 6.45) is 1.24. The molecule has 0 unspecified atom stereocenters. The van der Waals surface area contributed by atoms with E-state index in [9.17, 15) is 18.0 Å². The first kappa shape index (κ1) is 24.7. The van der Waals surface area contributed by atoms with Crippen molar-refractivity contribution >= 4 is 40.2 Å². The van der Waals surface area contributed by atoms with Crippen LogP contribution in [0.2, 0.25) is 5.15 Å². The second-order valence-electron chi connectivity index (χ2n) is 6.86. The summed E-state index contributed by atoms with van der Waals surface area (Å²) in [5, 5.41) is 9.88. The summed E-state index contributed by atoms with van der Waals surface area (Å²) in [4.78, 5) is 23.6. The highest BCUT2D eigenvalue weighted by atomic mass is 35.5. The summed E-state index contributed by atoms with van der Waals surface area (Å²) in [7, 11) is 0. The number of rotatable bonds is 10. The average molecular weight is 500 g/mol. The molecule has 0 spiro atoms. The number of nitrogens with zero attached hydrogens (tertiary/aromatic N) is 5. The summed E-state index contributed by atoms with van der Waals surface area (Å²) in [5.74, 6) is -0.188. The smallest absolute Gasteiger partial charge is 0.386 e. The molecule has 0 radical (unpaired) electrons. The van der Waals surface area contributed by atoms with Crippen molar-refractivity contribution in [2.75, 3.05) is 18.1 Å². The molecule has 0 bridgehead atoms. The molecule has 3 rings (SSSR count). The minimum Gasteiger partial charge on any atom is -0.386 e. The van der Waals surface area contributed by atoms with E-state index in [0.717, 1.165) is 0 Å². The Balaban J connectivity index is 1.64. The largest absolute Gasteiger partial charge is 0.425 e. The van der Waals surface area contributed by atoms with Crippen LogP contribution >= 0.6 is 22.9 Å². The van der Waals surface area contributed by atoms with Crippen LogP contribution in [0.5, 0.6) is 0 Å². The van der Waals surface area contributed by atoms with Gasteiger partial charge in [-0.15, -0.1) is 11.3 Å². The summed E-state index contributed by atoms with van der Waals surface area (Å²) in [6.45, 7) is 0.723. The summed E-state index contributed by atoms with van der Waals surface area (Å²) < 4.78 is 38.7. The second kappa shape index (κ2) is 11.3. The van der Waals surface area contributed by atoms with Crippen molar-refractivity contribution in [2.24, 2.45) is 5.16 Å². The number of aromatic nitrogens is 3. The van der Waals surface area contributed by atoms with E-state index in [2.05, 4.69) is 20.1 Å². The molecule has 0 aliphatic heterocycles. The predicted molar refractivity (Wildman–Crippen MR) is 121 cm³/mol. The third kappa shape index (κ3) is 7.03. The first-order valence-corrected chi connectivity index (χ1v) is 11.3. The maximum Gasteiger partial charge on any atom is 0.425 e. The highest BCUT2D eigenvalue weighted by molar-refractivity contribution is 7.12. The minimum atomic E-state index is -4.47. The van der Waals surface area contributed by atoms with E-state index in [0.29, 0.717) is 34.9 Å². The lowest BCUT2D eigenvalue weighted by Crippen LogP contribution is -2.30. The summed E-state index contributed by atoms with van der Waals surface area (Å²) in [5.41, 5.74) is 1.53. The van der Waals surface area contributed by atoms with Crippen molar-refractivity contribution in [3.05, 3.63) is 58.3 Å². The molecule has 3 aromatic rings. The van der Waals surface area contributed by atoms with Gasteiger partial charge in [0.25, 0.3) is 0 Å². The fourth-order valence-corrected chi connectivity index (χ4v) is 3.98. The van der Waals surface area contributed by atoms with Crippen LogP contribution in [-0.2, 0) is 9.63 Å². The van der Waals surface area contributed by atoms with E-state index in [4.69, 9.17) is 11.6 Å². The van der Waals surface area contributed by atoms with E-state index in [1.807, 2.05) is 13.0 Å². The van der Waals surface area contributed by atoms with Crippen molar-refractivity contribution in [3.63, 3.8) is 0 Å². The fourth-order valence-electron chi connectivity index (χ4n) is 3.01. The van der Waals surface area contributed by atoms with Gasteiger partial charge in [0.2, 0.25) is 12.5 Å². The van der Waals surface area contributed by atoms with E-state index in [-0.39, 0.29) is 23.9 Å². The molecule has 3 aromatic heterocycles. The van der Waals surface area contributed by atoms with Gasteiger partial charge in [0, 0.05) is 19.2 Å². The Morgan fingerprint density at radius 1 is 1.30 bits per heavy atom. The van der Waals surface area contributed by atoms with Crippen LogP contribution in [-0.4, -0.2) is 45.7 Å². The van der Waals surface area contributed by atoms with Gasteiger partial charge in [-0.05, 0) is 43.3 Å². The zero-order valence-corrected chi connectivity index (χ0v) is 19.2. The zero-order valence-electron chi connectivity index (χ0n) is 17.6. The molecule has 176 valence electrons. The van der Waals surface area contributed by atoms with Crippen LogP contribution in [0.3, 0.4) is 0 Å². The minimum absolute atomic E-state index is 0.145. The fraction of sp³-hybridized carbons (Fsp3) is 0.333. The number of anilines is 1. The van der Waals surface area contributed by atoms with Crippen LogP contribution in [0.15, 0.2) is 53.4 Å². The van der Waals surface area contributed by atoms with Crippen LogP contribution < -0.4 is 4.90 Å². The van der Waals surface area contributed by atoms with Gasteiger partial charge in [0.15, 0.2) is 5.15 Å². The molecule has 33 heavy (non-hydrogen) atoms. The normalized spacial score (nSPS) is 12.1. The SMILES string of the molecule is CCN(C(=O)CCC/C(=N/OCC(F)(F)F)c1cccs1)c1cn(-c2cccnc2)nc1Cl. The number of hydrogen-bond donors (Lipinski definition) is 0. The van der Waals surface area contributed by atoms with Crippen molar-refractivity contribution in [1.29, 1.82) is 0 Å². The van der Waals surface area contributed by atoms with Gasteiger partial charge in [-0.25, -0.2) is 4.68 Å². The van der Waals surface area contributed by atoms with Crippen LogP contribution in [0.4, 0.5) is 18.9 Å². The molecule has 1 amide bonds. The Labute approximate surface area is 197 Å². The van der Waals surface area contributed by atoms with Gasteiger partial charge < -0.3 is 9.74 Å². The van der Waals surface area contributed by atoms with Crippen LogP contribution in [0, 0.1) is 0 Å². The van der Waals surface area contributed by atoms with E-state index in [1.54, 1.807) is 46.9 Å².